The number of carbonyl (C=O) groups excluding carboxylic acids is 1. The highest BCUT2D eigenvalue weighted by Crippen LogP contribution is 2.22. The van der Waals surface area contributed by atoms with Gasteiger partial charge < -0.3 is 9.72 Å². The number of hydrogen-bond donors (Lipinski definition) is 2. The molecule has 0 aliphatic carbocycles. The zero-order valence-electron chi connectivity index (χ0n) is 12.9. The first-order valence-corrected chi connectivity index (χ1v) is 7.42. The molecule has 24 heavy (non-hydrogen) atoms. The van der Waals surface area contributed by atoms with E-state index in [1.165, 1.54) is 0 Å². The molecule has 0 atom stereocenters. The van der Waals surface area contributed by atoms with E-state index < -0.39 is 0 Å². The first kappa shape index (κ1) is 14.1. The lowest BCUT2D eigenvalue weighted by Gasteiger charge is -2.08. The second-order valence-electron chi connectivity index (χ2n) is 5.39. The molecule has 7 nitrogen and oxygen atoms in total. The molecule has 0 aromatic carbocycles. The number of carbonyl (C=O) groups is 1. The summed E-state index contributed by atoms with van der Waals surface area (Å²) < 4.78 is 1.82. The van der Waals surface area contributed by atoms with Crippen LogP contribution in [0, 0.1) is 6.92 Å². The molecule has 7 heteroatoms. The number of amides is 1. The average molecular weight is 318 g/mol. The molecule has 4 aromatic rings. The number of pyridine rings is 2. The van der Waals surface area contributed by atoms with Crippen LogP contribution in [-0.2, 0) is 0 Å². The third-order valence-electron chi connectivity index (χ3n) is 3.66. The summed E-state index contributed by atoms with van der Waals surface area (Å²) in [5.41, 5.74) is 3.64. The predicted octanol–water partition coefficient (Wildman–Crippen LogP) is 2.68. The zero-order chi connectivity index (χ0) is 16.5. The third-order valence-corrected chi connectivity index (χ3v) is 3.66. The summed E-state index contributed by atoms with van der Waals surface area (Å²) in [5.74, 6) is 0.234. The van der Waals surface area contributed by atoms with E-state index in [-0.39, 0.29) is 5.91 Å². The summed E-state index contributed by atoms with van der Waals surface area (Å²) in [6.07, 6.45) is 7.01. The van der Waals surface area contributed by atoms with Crippen LogP contribution in [0.15, 0.2) is 55.1 Å². The van der Waals surface area contributed by atoms with Gasteiger partial charge in [0.25, 0.3) is 5.91 Å². The number of nitrogens with one attached hydrogen (secondary N) is 2. The van der Waals surface area contributed by atoms with Crippen molar-refractivity contribution in [1.29, 1.82) is 0 Å². The Morgan fingerprint density at radius 1 is 1.21 bits per heavy atom. The number of aromatic nitrogens is 5. The number of hydrogen-bond acceptors (Lipinski definition) is 4. The maximum atomic E-state index is 12.7. The van der Waals surface area contributed by atoms with Crippen LogP contribution < -0.4 is 5.32 Å². The van der Waals surface area contributed by atoms with Crippen molar-refractivity contribution in [1.82, 2.24) is 24.6 Å². The highest BCUT2D eigenvalue weighted by atomic mass is 16.1. The molecule has 0 bridgehead atoms. The Bertz CT molecular complexity index is 1020. The molecule has 0 radical (unpaired) electrons. The van der Waals surface area contributed by atoms with Gasteiger partial charge in [0.15, 0.2) is 0 Å². The summed E-state index contributed by atoms with van der Waals surface area (Å²) in [5, 5.41) is 9.90. The molecule has 118 valence electrons. The van der Waals surface area contributed by atoms with Gasteiger partial charge in [-0.05, 0) is 31.2 Å². The van der Waals surface area contributed by atoms with Crippen molar-refractivity contribution in [3.63, 3.8) is 0 Å². The number of fused-ring (bicyclic) bond motifs is 1. The van der Waals surface area contributed by atoms with Crippen molar-refractivity contribution in [2.75, 3.05) is 5.32 Å². The van der Waals surface area contributed by atoms with Crippen LogP contribution in [0.2, 0.25) is 0 Å². The minimum absolute atomic E-state index is 0.261. The third kappa shape index (κ3) is 2.52. The maximum Gasteiger partial charge on any atom is 0.260 e. The standard InChI is InChI=1S/C17H14N6O/c1-11-8-14(22-21-11)12-9-13(16-19-6-7-23(16)10-12)17(24)20-15-4-2-3-5-18-15/h2-10H,1H3,(H,21,22)(H,18,20,24). The highest BCUT2D eigenvalue weighted by molar-refractivity contribution is 6.08. The SMILES string of the molecule is Cc1cc(-c2cc(C(=O)Nc3ccccn3)c3nccn3c2)[nH]n1. The van der Waals surface area contributed by atoms with Crippen molar-refractivity contribution in [2.45, 2.75) is 6.92 Å². The van der Waals surface area contributed by atoms with Gasteiger partial charge in [-0.25, -0.2) is 9.97 Å². The van der Waals surface area contributed by atoms with Gasteiger partial charge in [-0.1, -0.05) is 6.07 Å². The molecular weight excluding hydrogens is 304 g/mol. The number of aromatic amines is 1. The Morgan fingerprint density at radius 2 is 2.12 bits per heavy atom. The number of imidazole rings is 1. The molecule has 1 amide bonds. The van der Waals surface area contributed by atoms with E-state index in [0.717, 1.165) is 17.0 Å². The second-order valence-corrected chi connectivity index (χ2v) is 5.39. The highest BCUT2D eigenvalue weighted by Gasteiger charge is 2.15. The fourth-order valence-electron chi connectivity index (χ4n) is 2.54. The van der Waals surface area contributed by atoms with Crippen molar-refractivity contribution in [3.05, 3.63) is 66.4 Å². The number of rotatable bonds is 3. The molecule has 4 aromatic heterocycles. The van der Waals surface area contributed by atoms with Crippen LogP contribution in [0.4, 0.5) is 5.82 Å². The fourth-order valence-corrected chi connectivity index (χ4v) is 2.54. The van der Waals surface area contributed by atoms with Gasteiger partial charge >= 0.3 is 0 Å². The van der Waals surface area contributed by atoms with Crippen LogP contribution in [0.1, 0.15) is 16.1 Å². The van der Waals surface area contributed by atoms with E-state index in [9.17, 15) is 4.79 Å². The summed E-state index contributed by atoms with van der Waals surface area (Å²) in [6, 6.07) is 9.08. The Labute approximate surface area is 137 Å². The summed E-state index contributed by atoms with van der Waals surface area (Å²) >= 11 is 0. The van der Waals surface area contributed by atoms with Gasteiger partial charge in [0.2, 0.25) is 0 Å². The van der Waals surface area contributed by atoms with Crippen molar-refractivity contribution >= 4 is 17.4 Å². The van der Waals surface area contributed by atoms with Gasteiger partial charge in [-0.3, -0.25) is 9.89 Å². The van der Waals surface area contributed by atoms with E-state index in [4.69, 9.17) is 0 Å². The summed E-state index contributed by atoms with van der Waals surface area (Å²) in [6.45, 7) is 1.91. The van der Waals surface area contributed by atoms with Crippen LogP contribution in [0.3, 0.4) is 0 Å². The Hall–Kier alpha value is -3.48. The van der Waals surface area contributed by atoms with E-state index in [1.54, 1.807) is 36.8 Å². The van der Waals surface area contributed by atoms with Crippen molar-refractivity contribution < 1.29 is 4.79 Å². The zero-order valence-corrected chi connectivity index (χ0v) is 12.9. The predicted molar refractivity (Wildman–Crippen MR) is 89.7 cm³/mol. The number of H-pyrrole nitrogens is 1. The molecular formula is C17H14N6O. The van der Waals surface area contributed by atoms with Gasteiger partial charge in [-0.15, -0.1) is 0 Å². The van der Waals surface area contributed by atoms with Crippen LogP contribution >= 0.6 is 0 Å². The van der Waals surface area contributed by atoms with E-state index in [0.29, 0.717) is 17.0 Å². The maximum absolute atomic E-state index is 12.7. The lowest BCUT2D eigenvalue weighted by Crippen LogP contribution is -2.14. The van der Waals surface area contributed by atoms with Crippen molar-refractivity contribution in [3.8, 4) is 11.3 Å². The largest absolute Gasteiger partial charge is 0.306 e. The minimum atomic E-state index is -0.261. The Balaban J connectivity index is 1.79. The fraction of sp³-hybridized carbons (Fsp3) is 0.0588. The van der Waals surface area contributed by atoms with Gasteiger partial charge in [-0.2, -0.15) is 5.10 Å². The number of nitrogens with zero attached hydrogens (tertiary/aromatic N) is 4. The quantitative estimate of drug-likeness (QED) is 0.608. The molecule has 4 rings (SSSR count). The number of anilines is 1. The molecule has 0 unspecified atom stereocenters. The Morgan fingerprint density at radius 3 is 2.88 bits per heavy atom. The molecule has 2 N–H and O–H groups in total. The monoisotopic (exact) mass is 318 g/mol. The molecule has 0 saturated carbocycles. The van der Waals surface area contributed by atoms with E-state index >= 15 is 0 Å². The van der Waals surface area contributed by atoms with Gasteiger partial charge in [0, 0.05) is 30.4 Å². The lowest BCUT2D eigenvalue weighted by molar-refractivity contribution is 0.102. The number of aryl methyl sites for hydroxylation is 1. The first-order chi connectivity index (χ1) is 11.7. The molecule has 0 saturated heterocycles. The first-order valence-electron chi connectivity index (χ1n) is 7.42. The lowest BCUT2D eigenvalue weighted by atomic mass is 10.1. The van der Waals surface area contributed by atoms with Gasteiger partial charge in [0.05, 0.1) is 17.0 Å². The average Bonchev–Trinajstić information content (AvgIpc) is 3.23. The molecule has 0 aliphatic heterocycles. The van der Waals surface area contributed by atoms with Gasteiger partial charge in [0.1, 0.15) is 11.5 Å². The normalized spacial score (nSPS) is 10.9. The van der Waals surface area contributed by atoms with Crippen LogP contribution in [0.25, 0.3) is 16.9 Å². The van der Waals surface area contributed by atoms with E-state index in [2.05, 4.69) is 25.5 Å². The van der Waals surface area contributed by atoms with Crippen molar-refractivity contribution in [2.24, 2.45) is 0 Å². The van der Waals surface area contributed by atoms with Crippen LogP contribution in [-0.4, -0.2) is 30.5 Å². The smallest absolute Gasteiger partial charge is 0.260 e. The Kier molecular flexibility index (Phi) is 3.31. The summed E-state index contributed by atoms with van der Waals surface area (Å²) in [7, 11) is 0. The minimum Gasteiger partial charge on any atom is -0.306 e. The van der Waals surface area contributed by atoms with Crippen LogP contribution in [0.5, 0.6) is 0 Å². The molecule has 0 fully saturated rings. The molecule has 4 heterocycles. The van der Waals surface area contributed by atoms with E-state index in [1.807, 2.05) is 29.7 Å². The second kappa shape index (κ2) is 5.62. The molecule has 0 aliphatic rings. The topological polar surface area (TPSA) is 88.0 Å². The summed E-state index contributed by atoms with van der Waals surface area (Å²) in [4.78, 5) is 21.1. The molecule has 0 spiro atoms.